The molecule has 0 spiro atoms. The van der Waals surface area contributed by atoms with Crippen molar-refractivity contribution >= 4 is 38.4 Å². The Balaban J connectivity index is 1.90. The van der Waals surface area contributed by atoms with Crippen molar-refractivity contribution in [1.29, 1.82) is 0 Å². The number of benzene rings is 2. The lowest BCUT2D eigenvalue weighted by Crippen LogP contribution is -2.13. The van der Waals surface area contributed by atoms with E-state index in [1.165, 1.54) is 6.07 Å². The van der Waals surface area contributed by atoms with E-state index in [2.05, 4.69) is 19.4 Å². The zero-order chi connectivity index (χ0) is 16.3. The van der Waals surface area contributed by atoms with E-state index in [1.54, 1.807) is 36.4 Å². The van der Waals surface area contributed by atoms with Crippen molar-refractivity contribution in [2.45, 2.75) is 4.90 Å². The average Bonchev–Trinajstić information content (AvgIpc) is 3.01. The maximum atomic E-state index is 12.6. The molecule has 0 fully saturated rings. The summed E-state index contributed by atoms with van der Waals surface area (Å²) >= 11 is 0.970. The number of hydrogen-bond donors (Lipinski definition) is 1. The summed E-state index contributed by atoms with van der Waals surface area (Å²) < 4.78 is 41.1. The molecule has 0 bridgehead atoms. The molecule has 23 heavy (non-hydrogen) atoms. The third kappa shape index (κ3) is 3.26. The number of hydrogen-bond acceptors (Lipinski definition) is 5. The molecule has 1 aliphatic rings. The van der Waals surface area contributed by atoms with Crippen LogP contribution in [0.5, 0.6) is 5.75 Å². The number of nitrogens with one attached hydrogen (secondary N) is 1. The number of fused-ring (bicyclic) bond motifs is 1. The molecule has 0 amide bonds. The second kappa shape index (κ2) is 6.24. The van der Waals surface area contributed by atoms with E-state index >= 15 is 0 Å². The van der Waals surface area contributed by atoms with Crippen LogP contribution in [0, 0.1) is 12.3 Å². The molecule has 1 N–H and O–H groups in total. The molecule has 1 heterocycles. The zero-order valence-corrected chi connectivity index (χ0v) is 13.4. The standard InChI is InChI=1S/C15H11N3O3S2/c1-2-9-21-12-6-3-5-11(10-12)18-23(19,20)14-8-4-7-13-15(14)17-22-16-13/h1,3-8,10,18H,9H2. The molecule has 1 aliphatic heterocycles. The van der Waals surface area contributed by atoms with Crippen molar-refractivity contribution in [3.63, 3.8) is 0 Å². The van der Waals surface area contributed by atoms with Gasteiger partial charge in [-0.05, 0) is 24.3 Å². The summed E-state index contributed by atoms with van der Waals surface area (Å²) in [5.74, 6) is 2.84. The van der Waals surface area contributed by atoms with Gasteiger partial charge in [0.25, 0.3) is 10.0 Å². The summed E-state index contributed by atoms with van der Waals surface area (Å²) in [5.41, 5.74) is 1.27. The molecule has 3 rings (SSSR count). The molecule has 0 aliphatic carbocycles. The average molecular weight is 345 g/mol. The fourth-order valence-electron chi connectivity index (χ4n) is 1.98. The molecular formula is C15H11N3O3S2. The number of terminal acetylenes is 1. The lowest BCUT2D eigenvalue weighted by molar-refractivity contribution is 0.370. The summed E-state index contributed by atoms with van der Waals surface area (Å²) in [4.78, 5) is 0.0821. The first-order valence-electron chi connectivity index (χ1n) is 6.50. The van der Waals surface area contributed by atoms with Gasteiger partial charge in [-0.25, -0.2) is 8.42 Å². The van der Waals surface area contributed by atoms with Crippen LogP contribution in [0.3, 0.4) is 0 Å². The van der Waals surface area contributed by atoms with E-state index in [9.17, 15) is 8.42 Å². The first-order valence-corrected chi connectivity index (χ1v) is 8.72. The molecule has 2 aromatic rings. The SMILES string of the molecule is C#CCOc1cccc(NS(=O)(=O)c2cccc3c2N=S=N3)c1. The highest BCUT2D eigenvalue weighted by Crippen LogP contribution is 2.38. The van der Waals surface area contributed by atoms with E-state index in [0.29, 0.717) is 22.8 Å². The van der Waals surface area contributed by atoms with Gasteiger partial charge in [0.15, 0.2) is 0 Å². The normalized spacial score (nSPS) is 12.1. The molecule has 0 radical (unpaired) electrons. The maximum absolute atomic E-state index is 12.6. The predicted octanol–water partition coefficient (Wildman–Crippen LogP) is 3.23. The van der Waals surface area contributed by atoms with Gasteiger partial charge in [0, 0.05) is 6.07 Å². The predicted molar refractivity (Wildman–Crippen MR) is 89.6 cm³/mol. The highest BCUT2D eigenvalue weighted by Gasteiger charge is 2.22. The third-order valence-corrected chi connectivity index (χ3v) is 4.90. The number of anilines is 1. The summed E-state index contributed by atoms with van der Waals surface area (Å²) in [6.07, 6.45) is 5.14. The molecule has 0 aromatic heterocycles. The number of ether oxygens (including phenoxy) is 1. The van der Waals surface area contributed by atoms with Gasteiger partial charge in [0.2, 0.25) is 0 Å². The van der Waals surface area contributed by atoms with Gasteiger partial charge in [0.1, 0.15) is 28.6 Å². The second-order valence-corrected chi connectivity index (χ2v) is 6.69. The summed E-state index contributed by atoms with van der Waals surface area (Å²) in [5, 5.41) is 0. The minimum atomic E-state index is -3.79. The zero-order valence-electron chi connectivity index (χ0n) is 11.8. The Labute approximate surface area is 137 Å². The van der Waals surface area contributed by atoms with Crippen LogP contribution in [0.15, 0.2) is 56.1 Å². The van der Waals surface area contributed by atoms with E-state index in [4.69, 9.17) is 11.2 Å². The smallest absolute Gasteiger partial charge is 0.264 e. The van der Waals surface area contributed by atoms with Gasteiger partial charge in [-0.2, -0.15) is 8.73 Å². The van der Waals surface area contributed by atoms with Gasteiger partial charge in [0.05, 0.1) is 17.0 Å². The van der Waals surface area contributed by atoms with Crippen LogP contribution in [0.25, 0.3) is 0 Å². The first-order chi connectivity index (χ1) is 11.1. The molecular weight excluding hydrogens is 334 g/mol. The van der Waals surface area contributed by atoms with E-state index in [0.717, 1.165) is 11.4 Å². The molecule has 2 aromatic carbocycles. The van der Waals surface area contributed by atoms with Crippen molar-refractivity contribution < 1.29 is 13.2 Å². The molecule has 6 nitrogen and oxygen atoms in total. The Hall–Kier alpha value is -2.63. The van der Waals surface area contributed by atoms with Gasteiger partial charge in [-0.1, -0.05) is 18.1 Å². The van der Waals surface area contributed by atoms with Crippen LogP contribution in [0.4, 0.5) is 17.1 Å². The van der Waals surface area contributed by atoms with Crippen LogP contribution >= 0.6 is 0 Å². The number of nitrogens with zero attached hydrogens (tertiary/aromatic N) is 2. The number of rotatable bonds is 5. The van der Waals surface area contributed by atoms with Gasteiger partial charge < -0.3 is 4.74 Å². The lowest BCUT2D eigenvalue weighted by Gasteiger charge is -2.11. The van der Waals surface area contributed by atoms with Crippen molar-refractivity contribution in [3.05, 3.63) is 42.5 Å². The molecule has 116 valence electrons. The Morgan fingerprint density at radius 3 is 2.87 bits per heavy atom. The van der Waals surface area contributed by atoms with E-state index in [1.807, 2.05) is 0 Å². The fraction of sp³-hybridized carbons (Fsp3) is 0.0667. The molecule has 8 heteroatoms. The molecule has 0 unspecified atom stereocenters. The Kier molecular flexibility index (Phi) is 4.14. The molecule has 0 atom stereocenters. The molecule has 0 saturated heterocycles. The van der Waals surface area contributed by atoms with Crippen molar-refractivity contribution in [3.8, 4) is 18.1 Å². The Morgan fingerprint density at radius 1 is 1.22 bits per heavy atom. The third-order valence-electron chi connectivity index (χ3n) is 2.95. The Morgan fingerprint density at radius 2 is 2.04 bits per heavy atom. The molecule has 0 saturated carbocycles. The van der Waals surface area contributed by atoms with Crippen LogP contribution in [0.2, 0.25) is 0 Å². The summed E-state index contributed by atoms with van der Waals surface area (Å²) in [6.45, 7) is 0.111. The first kappa shape index (κ1) is 15.3. The van der Waals surface area contributed by atoms with Crippen LogP contribution in [0.1, 0.15) is 0 Å². The summed E-state index contributed by atoms with van der Waals surface area (Å²) in [7, 11) is -3.79. The van der Waals surface area contributed by atoms with Gasteiger partial charge in [-0.3, -0.25) is 4.72 Å². The monoisotopic (exact) mass is 345 g/mol. The highest BCUT2D eigenvalue weighted by atomic mass is 32.2. The van der Waals surface area contributed by atoms with E-state index in [-0.39, 0.29) is 11.5 Å². The fourth-order valence-corrected chi connectivity index (χ4v) is 3.80. The highest BCUT2D eigenvalue weighted by molar-refractivity contribution is 7.93. The quantitative estimate of drug-likeness (QED) is 0.721. The van der Waals surface area contributed by atoms with Crippen LogP contribution in [-0.2, 0) is 21.4 Å². The second-order valence-electron chi connectivity index (χ2n) is 4.51. The van der Waals surface area contributed by atoms with Crippen LogP contribution < -0.4 is 9.46 Å². The van der Waals surface area contributed by atoms with Crippen LogP contribution in [-0.4, -0.2) is 15.0 Å². The van der Waals surface area contributed by atoms with Crippen molar-refractivity contribution in [2.75, 3.05) is 11.3 Å². The minimum absolute atomic E-state index is 0.0821. The summed E-state index contributed by atoms with van der Waals surface area (Å²) in [6, 6.07) is 11.4. The lowest BCUT2D eigenvalue weighted by atomic mass is 10.3. The van der Waals surface area contributed by atoms with Gasteiger partial charge in [-0.15, -0.1) is 6.42 Å². The van der Waals surface area contributed by atoms with Crippen molar-refractivity contribution in [1.82, 2.24) is 0 Å². The topological polar surface area (TPSA) is 80.1 Å². The van der Waals surface area contributed by atoms with E-state index < -0.39 is 10.0 Å². The number of sulfonamides is 1. The largest absolute Gasteiger partial charge is 0.481 e. The maximum Gasteiger partial charge on any atom is 0.264 e. The van der Waals surface area contributed by atoms with Gasteiger partial charge >= 0.3 is 0 Å². The Bertz CT molecular complexity index is 972. The van der Waals surface area contributed by atoms with Crippen molar-refractivity contribution in [2.24, 2.45) is 8.73 Å². The minimum Gasteiger partial charge on any atom is -0.481 e.